The summed E-state index contributed by atoms with van der Waals surface area (Å²) >= 11 is 0. The lowest BCUT2D eigenvalue weighted by molar-refractivity contribution is 0.215. The SMILES string of the molecule is CCCCOc1cc(OC)ccc1C(CN)N(CC)CC. The standard InChI is InChI=1S/C17H30N2O2/c1-5-8-11-21-17-12-14(20-4)9-10-15(17)16(13-18)19(6-2)7-3/h9-10,12,16H,5-8,11,13,18H2,1-4H3. The van der Waals surface area contributed by atoms with Crippen molar-refractivity contribution in [1.29, 1.82) is 0 Å². The van der Waals surface area contributed by atoms with Crippen LogP contribution in [0.4, 0.5) is 0 Å². The van der Waals surface area contributed by atoms with Crippen molar-refractivity contribution in [3.8, 4) is 11.5 Å². The summed E-state index contributed by atoms with van der Waals surface area (Å²) in [5.41, 5.74) is 7.17. The Morgan fingerprint density at radius 1 is 1.19 bits per heavy atom. The number of hydrogen-bond donors (Lipinski definition) is 1. The number of unbranched alkanes of at least 4 members (excludes halogenated alkanes) is 1. The molecular formula is C17H30N2O2. The Labute approximate surface area is 129 Å². The Bertz CT molecular complexity index is 406. The molecule has 2 N–H and O–H groups in total. The van der Waals surface area contributed by atoms with Gasteiger partial charge in [-0.1, -0.05) is 33.3 Å². The highest BCUT2D eigenvalue weighted by Crippen LogP contribution is 2.32. The van der Waals surface area contributed by atoms with Crippen LogP contribution in [0.15, 0.2) is 18.2 Å². The van der Waals surface area contributed by atoms with E-state index in [-0.39, 0.29) is 6.04 Å². The third-order valence-electron chi connectivity index (χ3n) is 3.81. The van der Waals surface area contributed by atoms with E-state index in [1.165, 1.54) is 0 Å². The fourth-order valence-electron chi connectivity index (χ4n) is 2.51. The average molecular weight is 294 g/mol. The minimum absolute atomic E-state index is 0.183. The van der Waals surface area contributed by atoms with Crippen LogP contribution in [0, 0.1) is 0 Å². The van der Waals surface area contributed by atoms with Crippen molar-refractivity contribution in [2.45, 2.75) is 39.7 Å². The predicted molar refractivity (Wildman–Crippen MR) is 88.1 cm³/mol. The van der Waals surface area contributed by atoms with Gasteiger partial charge in [-0.15, -0.1) is 0 Å². The van der Waals surface area contributed by atoms with E-state index in [1.807, 2.05) is 12.1 Å². The van der Waals surface area contributed by atoms with Crippen molar-refractivity contribution < 1.29 is 9.47 Å². The lowest BCUT2D eigenvalue weighted by atomic mass is 10.0. The van der Waals surface area contributed by atoms with Crippen LogP contribution in [-0.4, -0.2) is 38.3 Å². The molecule has 0 amide bonds. The maximum atomic E-state index is 6.02. The van der Waals surface area contributed by atoms with Gasteiger partial charge in [0.05, 0.1) is 19.8 Å². The Hall–Kier alpha value is -1.26. The molecule has 1 aromatic rings. The summed E-state index contributed by atoms with van der Waals surface area (Å²) in [4.78, 5) is 2.36. The van der Waals surface area contributed by atoms with E-state index >= 15 is 0 Å². The lowest BCUT2D eigenvalue weighted by Gasteiger charge is -2.30. The molecule has 0 radical (unpaired) electrons. The van der Waals surface area contributed by atoms with Gasteiger partial charge in [0.1, 0.15) is 11.5 Å². The summed E-state index contributed by atoms with van der Waals surface area (Å²) < 4.78 is 11.3. The molecule has 120 valence electrons. The highest BCUT2D eigenvalue weighted by molar-refractivity contribution is 5.42. The van der Waals surface area contributed by atoms with Gasteiger partial charge in [0, 0.05) is 18.2 Å². The molecule has 21 heavy (non-hydrogen) atoms. The summed E-state index contributed by atoms with van der Waals surface area (Å²) in [7, 11) is 1.68. The first-order valence-electron chi connectivity index (χ1n) is 7.96. The zero-order valence-corrected chi connectivity index (χ0v) is 13.9. The van der Waals surface area contributed by atoms with E-state index in [0.717, 1.165) is 49.6 Å². The Kier molecular flexibility index (Phi) is 8.16. The van der Waals surface area contributed by atoms with E-state index in [2.05, 4.69) is 31.7 Å². The molecule has 4 nitrogen and oxygen atoms in total. The second kappa shape index (κ2) is 9.64. The maximum Gasteiger partial charge on any atom is 0.127 e. The van der Waals surface area contributed by atoms with Crippen LogP contribution in [-0.2, 0) is 0 Å². The molecule has 1 aromatic carbocycles. The van der Waals surface area contributed by atoms with Gasteiger partial charge in [0.15, 0.2) is 0 Å². The van der Waals surface area contributed by atoms with Crippen molar-refractivity contribution in [2.24, 2.45) is 5.73 Å². The minimum Gasteiger partial charge on any atom is -0.497 e. The Balaban J connectivity index is 3.06. The fraction of sp³-hybridized carbons (Fsp3) is 0.647. The van der Waals surface area contributed by atoms with Gasteiger partial charge in [0.25, 0.3) is 0 Å². The smallest absolute Gasteiger partial charge is 0.127 e. The largest absolute Gasteiger partial charge is 0.497 e. The summed E-state index contributed by atoms with van der Waals surface area (Å²) in [6.07, 6.45) is 2.17. The third-order valence-corrected chi connectivity index (χ3v) is 3.81. The zero-order chi connectivity index (χ0) is 15.7. The molecule has 0 saturated carbocycles. The van der Waals surface area contributed by atoms with Crippen molar-refractivity contribution in [3.05, 3.63) is 23.8 Å². The molecule has 0 saturated heterocycles. The van der Waals surface area contributed by atoms with Crippen LogP contribution in [0.5, 0.6) is 11.5 Å². The first-order valence-corrected chi connectivity index (χ1v) is 7.96. The average Bonchev–Trinajstić information content (AvgIpc) is 2.53. The van der Waals surface area contributed by atoms with Crippen LogP contribution in [0.1, 0.15) is 45.2 Å². The van der Waals surface area contributed by atoms with Crippen molar-refractivity contribution in [1.82, 2.24) is 4.90 Å². The number of rotatable bonds is 10. The number of methoxy groups -OCH3 is 1. The topological polar surface area (TPSA) is 47.7 Å². The van der Waals surface area contributed by atoms with Gasteiger partial charge in [-0.2, -0.15) is 0 Å². The van der Waals surface area contributed by atoms with Crippen LogP contribution in [0.2, 0.25) is 0 Å². The highest BCUT2D eigenvalue weighted by atomic mass is 16.5. The summed E-state index contributed by atoms with van der Waals surface area (Å²) in [6.45, 7) is 9.73. The van der Waals surface area contributed by atoms with E-state index in [1.54, 1.807) is 7.11 Å². The molecule has 0 spiro atoms. The zero-order valence-electron chi connectivity index (χ0n) is 13.9. The lowest BCUT2D eigenvalue weighted by Crippen LogP contribution is -2.33. The van der Waals surface area contributed by atoms with Crippen molar-refractivity contribution in [2.75, 3.05) is 33.4 Å². The summed E-state index contributed by atoms with van der Waals surface area (Å²) in [5, 5.41) is 0. The molecule has 1 unspecified atom stereocenters. The molecule has 4 heteroatoms. The van der Waals surface area contributed by atoms with Crippen LogP contribution in [0.3, 0.4) is 0 Å². The van der Waals surface area contributed by atoms with Gasteiger partial charge in [-0.3, -0.25) is 4.90 Å². The first kappa shape index (κ1) is 17.8. The maximum absolute atomic E-state index is 6.02. The van der Waals surface area contributed by atoms with Crippen molar-refractivity contribution in [3.63, 3.8) is 0 Å². The second-order valence-corrected chi connectivity index (χ2v) is 5.08. The third kappa shape index (κ3) is 4.90. The molecule has 0 bridgehead atoms. The molecule has 1 rings (SSSR count). The van der Waals surface area contributed by atoms with Gasteiger partial charge in [0.2, 0.25) is 0 Å². The number of nitrogens with zero attached hydrogens (tertiary/aromatic N) is 1. The number of nitrogens with two attached hydrogens (primary N) is 1. The first-order chi connectivity index (χ1) is 10.2. The molecule has 0 fully saturated rings. The quantitative estimate of drug-likeness (QED) is 0.673. The van der Waals surface area contributed by atoms with Crippen molar-refractivity contribution >= 4 is 0 Å². The fourth-order valence-corrected chi connectivity index (χ4v) is 2.51. The second-order valence-electron chi connectivity index (χ2n) is 5.08. The molecular weight excluding hydrogens is 264 g/mol. The van der Waals surface area contributed by atoms with E-state index in [4.69, 9.17) is 15.2 Å². The molecule has 0 aliphatic rings. The van der Waals surface area contributed by atoms with Crippen LogP contribution >= 0.6 is 0 Å². The predicted octanol–water partition coefficient (Wildman–Crippen LogP) is 3.22. The van der Waals surface area contributed by atoms with E-state index in [0.29, 0.717) is 6.54 Å². The van der Waals surface area contributed by atoms with Gasteiger partial charge in [-0.25, -0.2) is 0 Å². The molecule has 0 aliphatic heterocycles. The number of ether oxygens (including phenoxy) is 2. The molecule has 0 heterocycles. The van der Waals surface area contributed by atoms with Crippen LogP contribution in [0.25, 0.3) is 0 Å². The number of likely N-dealkylation sites (N-methyl/N-ethyl adjacent to an activating group) is 1. The number of benzene rings is 1. The highest BCUT2D eigenvalue weighted by Gasteiger charge is 2.20. The summed E-state index contributed by atoms with van der Waals surface area (Å²) in [5.74, 6) is 1.71. The molecule has 0 aliphatic carbocycles. The monoisotopic (exact) mass is 294 g/mol. The number of hydrogen-bond acceptors (Lipinski definition) is 4. The Morgan fingerprint density at radius 2 is 1.90 bits per heavy atom. The van der Waals surface area contributed by atoms with Gasteiger partial charge in [-0.05, 0) is 25.6 Å². The molecule has 0 aromatic heterocycles. The van der Waals surface area contributed by atoms with Gasteiger partial charge < -0.3 is 15.2 Å². The van der Waals surface area contributed by atoms with Gasteiger partial charge >= 0.3 is 0 Å². The Morgan fingerprint density at radius 3 is 2.43 bits per heavy atom. The van der Waals surface area contributed by atoms with E-state index in [9.17, 15) is 0 Å². The minimum atomic E-state index is 0.183. The van der Waals surface area contributed by atoms with Crippen LogP contribution < -0.4 is 15.2 Å². The summed E-state index contributed by atoms with van der Waals surface area (Å²) in [6, 6.07) is 6.21. The molecule has 1 atom stereocenters. The van der Waals surface area contributed by atoms with E-state index < -0.39 is 0 Å². The normalized spacial score (nSPS) is 12.5.